The molecule has 0 atom stereocenters. The molecule has 1 heterocycles. The van der Waals surface area contributed by atoms with Gasteiger partial charge in [-0.3, -0.25) is 0 Å². The molecule has 5 nitrogen and oxygen atoms in total. The average molecular weight is 492 g/mol. The standard InChI is InChI=1S/C33H23N4O/c1-4-10-24(11-5-1)31-32(25-12-6-2-7-13-25)35-33(34-31)26-16-20-29(21-17-26)38-30-22-18-28(19-23-30)37-36-27-14-8-3-9-15-27/h1-23H. The third-order valence-electron chi connectivity index (χ3n) is 5.98. The minimum atomic E-state index is 0.683. The molecule has 5 aromatic carbocycles. The molecule has 0 N–H and O–H groups in total. The van der Waals surface area contributed by atoms with Gasteiger partial charge in [0.1, 0.15) is 11.5 Å². The Bertz CT molecular complexity index is 1610. The van der Waals surface area contributed by atoms with E-state index in [1.807, 2.05) is 115 Å². The van der Waals surface area contributed by atoms with Gasteiger partial charge in [-0.1, -0.05) is 78.9 Å². The highest BCUT2D eigenvalue weighted by atomic mass is 16.5. The van der Waals surface area contributed by atoms with Crippen LogP contribution in [0, 0.1) is 0 Å². The molecule has 6 rings (SSSR count). The Hall–Kier alpha value is -5.29. The predicted octanol–water partition coefficient (Wildman–Crippen LogP) is 8.78. The van der Waals surface area contributed by atoms with Gasteiger partial charge in [0.2, 0.25) is 0 Å². The van der Waals surface area contributed by atoms with E-state index >= 15 is 0 Å². The van der Waals surface area contributed by atoms with Crippen molar-refractivity contribution in [3.8, 4) is 11.5 Å². The molecule has 1 radical (unpaired) electrons. The monoisotopic (exact) mass is 491 g/mol. The fourth-order valence-corrected chi connectivity index (χ4v) is 4.07. The van der Waals surface area contributed by atoms with Crippen molar-refractivity contribution in [2.45, 2.75) is 0 Å². The Morgan fingerprint density at radius 2 is 0.895 bits per heavy atom. The zero-order valence-electron chi connectivity index (χ0n) is 20.5. The first-order chi connectivity index (χ1) is 18.8. The van der Waals surface area contributed by atoms with Crippen molar-refractivity contribution in [2.75, 3.05) is 0 Å². The number of hydrogen-bond donors (Lipinski definition) is 0. The summed E-state index contributed by atoms with van der Waals surface area (Å²) in [5.74, 6) is 2.13. The molecule has 1 aliphatic rings. The second-order valence-corrected chi connectivity index (χ2v) is 8.63. The minimum absolute atomic E-state index is 0.683. The van der Waals surface area contributed by atoms with Crippen LogP contribution in [0.4, 0.5) is 11.4 Å². The topological polar surface area (TPSA) is 60.4 Å². The van der Waals surface area contributed by atoms with Crippen LogP contribution in [-0.2, 0) is 0 Å². The van der Waals surface area contributed by atoms with Crippen molar-refractivity contribution in [3.63, 3.8) is 0 Å². The summed E-state index contributed by atoms with van der Waals surface area (Å²) in [7, 11) is 0. The van der Waals surface area contributed by atoms with Crippen LogP contribution in [0.1, 0.15) is 16.7 Å². The lowest BCUT2D eigenvalue weighted by molar-refractivity contribution is 0.482. The summed E-state index contributed by atoms with van der Waals surface area (Å²) in [5.41, 5.74) is 6.32. The molecule has 1 aliphatic heterocycles. The van der Waals surface area contributed by atoms with Crippen molar-refractivity contribution in [2.24, 2.45) is 15.2 Å². The number of benzene rings is 5. The van der Waals surface area contributed by atoms with Crippen LogP contribution in [0.5, 0.6) is 11.5 Å². The summed E-state index contributed by atoms with van der Waals surface area (Å²) < 4.78 is 6.04. The molecular weight excluding hydrogens is 468 g/mol. The molecule has 0 aromatic heterocycles. The van der Waals surface area contributed by atoms with Gasteiger partial charge in [-0.15, -0.1) is 0 Å². The summed E-state index contributed by atoms with van der Waals surface area (Å²) >= 11 is 0. The van der Waals surface area contributed by atoms with Crippen LogP contribution in [0.2, 0.25) is 0 Å². The smallest absolute Gasteiger partial charge is 0.160 e. The normalized spacial score (nSPS) is 12.9. The zero-order valence-corrected chi connectivity index (χ0v) is 20.5. The number of ether oxygens (including phenoxy) is 1. The van der Waals surface area contributed by atoms with Crippen LogP contribution in [0.15, 0.2) is 155 Å². The molecule has 0 aliphatic carbocycles. The van der Waals surface area contributed by atoms with Gasteiger partial charge in [0, 0.05) is 16.7 Å². The molecule has 0 fully saturated rings. The molecular formula is C33H23N4O. The highest BCUT2D eigenvalue weighted by Crippen LogP contribution is 2.33. The minimum Gasteiger partial charge on any atom is -0.457 e. The van der Waals surface area contributed by atoms with E-state index in [9.17, 15) is 0 Å². The number of rotatable bonds is 7. The fourth-order valence-electron chi connectivity index (χ4n) is 4.07. The molecule has 0 spiro atoms. The van der Waals surface area contributed by atoms with Gasteiger partial charge in [0.05, 0.1) is 22.8 Å². The van der Waals surface area contributed by atoms with E-state index in [1.54, 1.807) is 0 Å². The van der Waals surface area contributed by atoms with Crippen molar-refractivity contribution in [1.29, 1.82) is 0 Å². The van der Waals surface area contributed by atoms with Gasteiger partial charge in [0.15, 0.2) is 5.84 Å². The quantitative estimate of drug-likeness (QED) is 0.210. The van der Waals surface area contributed by atoms with E-state index < -0.39 is 0 Å². The van der Waals surface area contributed by atoms with Crippen LogP contribution >= 0.6 is 0 Å². The predicted molar refractivity (Wildman–Crippen MR) is 152 cm³/mol. The number of hydrogen-bond acceptors (Lipinski definition) is 4. The SMILES string of the molecule is c1ccc(N=Nc2ccc(Oc3ccc(C4=NC(c5ccccc5)=C(c5ccccc5)[N]4)cc3)cc2)cc1. The number of aliphatic imine (C=N–C) groups is 1. The highest BCUT2D eigenvalue weighted by molar-refractivity contribution is 6.14. The summed E-state index contributed by atoms with van der Waals surface area (Å²) in [6.07, 6.45) is 0. The summed E-state index contributed by atoms with van der Waals surface area (Å²) in [6, 6.07) is 45.3. The third-order valence-corrected chi connectivity index (χ3v) is 5.98. The molecule has 5 aromatic rings. The van der Waals surface area contributed by atoms with Crippen LogP contribution < -0.4 is 10.1 Å². The maximum atomic E-state index is 6.04. The van der Waals surface area contributed by atoms with Crippen LogP contribution in [0.25, 0.3) is 11.4 Å². The molecule has 0 saturated carbocycles. The summed E-state index contributed by atoms with van der Waals surface area (Å²) in [6.45, 7) is 0. The number of nitrogens with zero attached hydrogens (tertiary/aromatic N) is 4. The second kappa shape index (κ2) is 10.8. The van der Waals surface area contributed by atoms with Crippen molar-refractivity contribution < 1.29 is 4.74 Å². The van der Waals surface area contributed by atoms with Crippen molar-refractivity contribution >= 4 is 28.6 Å². The lowest BCUT2D eigenvalue weighted by Crippen LogP contribution is -2.11. The fraction of sp³-hybridized carbons (Fsp3) is 0. The van der Waals surface area contributed by atoms with Gasteiger partial charge in [-0.05, 0) is 60.7 Å². The summed E-state index contributed by atoms with van der Waals surface area (Å²) in [5, 5.41) is 13.4. The van der Waals surface area contributed by atoms with E-state index in [-0.39, 0.29) is 0 Å². The lowest BCUT2D eigenvalue weighted by atomic mass is 10.1. The van der Waals surface area contributed by atoms with Gasteiger partial charge < -0.3 is 4.74 Å². The Balaban J connectivity index is 1.17. The average Bonchev–Trinajstić information content (AvgIpc) is 3.44. The van der Waals surface area contributed by atoms with Gasteiger partial charge >= 0.3 is 0 Å². The van der Waals surface area contributed by atoms with E-state index in [0.29, 0.717) is 5.84 Å². The van der Waals surface area contributed by atoms with E-state index in [2.05, 4.69) is 34.5 Å². The molecule has 5 heteroatoms. The van der Waals surface area contributed by atoms with E-state index in [1.165, 1.54) is 0 Å². The Morgan fingerprint density at radius 1 is 0.421 bits per heavy atom. The second-order valence-electron chi connectivity index (χ2n) is 8.63. The molecule has 38 heavy (non-hydrogen) atoms. The lowest BCUT2D eigenvalue weighted by Gasteiger charge is -2.08. The van der Waals surface area contributed by atoms with Crippen LogP contribution in [-0.4, -0.2) is 5.84 Å². The zero-order chi connectivity index (χ0) is 25.6. The maximum Gasteiger partial charge on any atom is 0.160 e. The van der Waals surface area contributed by atoms with Gasteiger partial charge in [-0.2, -0.15) is 10.2 Å². The molecule has 0 unspecified atom stereocenters. The number of amidine groups is 1. The molecule has 181 valence electrons. The van der Waals surface area contributed by atoms with E-state index in [4.69, 9.17) is 15.0 Å². The third kappa shape index (κ3) is 5.27. The first-order valence-electron chi connectivity index (χ1n) is 12.3. The van der Waals surface area contributed by atoms with Crippen LogP contribution in [0.3, 0.4) is 0 Å². The van der Waals surface area contributed by atoms with Crippen molar-refractivity contribution in [3.05, 3.63) is 156 Å². The first-order valence-corrected chi connectivity index (χ1v) is 12.3. The molecule has 0 bridgehead atoms. The van der Waals surface area contributed by atoms with Gasteiger partial charge in [-0.25, -0.2) is 10.3 Å². The highest BCUT2D eigenvalue weighted by Gasteiger charge is 2.23. The Morgan fingerprint density at radius 3 is 1.47 bits per heavy atom. The largest absolute Gasteiger partial charge is 0.457 e. The first kappa shape index (κ1) is 23.1. The van der Waals surface area contributed by atoms with Crippen molar-refractivity contribution in [1.82, 2.24) is 5.32 Å². The molecule has 0 saturated heterocycles. The maximum absolute atomic E-state index is 6.04. The Kier molecular flexibility index (Phi) is 6.55. The summed E-state index contributed by atoms with van der Waals surface area (Å²) in [4.78, 5) is 4.92. The Labute approximate surface area is 221 Å². The van der Waals surface area contributed by atoms with Gasteiger partial charge in [0.25, 0.3) is 0 Å². The molecule has 0 amide bonds. The van der Waals surface area contributed by atoms with E-state index in [0.717, 1.165) is 51.0 Å². The number of azo groups is 1.